The molecule has 1 aromatic rings. The monoisotopic (exact) mass is 345 g/mol. The molecule has 1 amide bonds. The van der Waals surface area contributed by atoms with Gasteiger partial charge in [-0.3, -0.25) is 4.79 Å². The number of carbonyl (C=O) groups is 1. The Hall–Kier alpha value is -1.83. The summed E-state index contributed by atoms with van der Waals surface area (Å²) in [6, 6.07) is 0. The second-order valence-corrected chi connectivity index (χ2v) is 6.10. The van der Waals surface area contributed by atoms with E-state index in [-0.39, 0.29) is 6.54 Å². The van der Waals surface area contributed by atoms with Gasteiger partial charge < -0.3 is 15.0 Å². The molecule has 0 saturated heterocycles. The van der Waals surface area contributed by atoms with Gasteiger partial charge in [0, 0.05) is 26.0 Å². The average Bonchev–Trinajstić information content (AvgIpc) is 2.93. The number of imidazole rings is 1. The maximum Gasteiger partial charge on any atom is 0.425 e. The number of allylic oxidation sites excluding steroid dienone is 1. The van der Waals surface area contributed by atoms with Gasteiger partial charge in [0.1, 0.15) is 0 Å². The highest BCUT2D eigenvalue weighted by Crippen LogP contribution is 2.40. The van der Waals surface area contributed by atoms with Crippen molar-refractivity contribution in [2.45, 2.75) is 50.3 Å². The van der Waals surface area contributed by atoms with E-state index in [1.165, 1.54) is 18.8 Å². The lowest BCUT2D eigenvalue weighted by molar-refractivity contribution is -0.271. The van der Waals surface area contributed by atoms with Gasteiger partial charge in [0.2, 0.25) is 11.5 Å². The van der Waals surface area contributed by atoms with Crippen molar-refractivity contribution in [2.24, 2.45) is 7.05 Å². The van der Waals surface area contributed by atoms with E-state index >= 15 is 0 Å². The van der Waals surface area contributed by atoms with Gasteiger partial charge in [-0.2, -0.15) is 13.2 Å². The Morgan fingerprint density at radius 3 is 2.71 bits per heavy atom. The van der Waals surface area contributed by atoms with E-state index < -0.39 is 29.9 Å². The van der Waals surface area contributed by atoms with Crippen molar-refractivity contribution >= 4 is 5.91 Å². The Balaban J connectivity index is 1.98. The van der Waals surface area contributed by atoms with Gasteiger partial charge in [0.15, 0.2) is 5.82 Å². The van der Waals surface area contributed by atoms with Crippen molar-refractivity contribution in [1.29, 1.82) is 0 Å². The fraction of sp³-hybridized carbons (Fsp3) is 0.625. The lowest BCUT2D eigenvalue weighted by Crippen LogP contribution is -2.48. The number of nitrogens with one attached hydrogen (secondary N) is 1. The number of halogens is 3. The van der Waals surface area contributed by atoms with Crippen LogP contribution in [0.5, 0.6) is 0 Å². The Kier molecular flexibility index (Phi) is 5.69. The van der Waals surface area contributed by atoms with Crippen LogP contribution in [-0.2, 0) is 17.4 Å². The van der Waals surface area contributed by atoms with Crippen LogP contribution in [0.25, 0.3) is 0 Å². The number of aromatic nitrogens is 2. The second kappa shape index (κ2) is 7.38. The number of rotatable bonds is 6. The van der Waals surface area contributed by atoms with E-state index in [2.05, 4.69) is 16.4 Å². The Morgan fingerprint density at radius 1 is 1.42 bits per heavy atom. The van der Waals surface area contributed by atoms with Crippen LogP contribution in [-0.4, -0.2) is 33.3 Å². The molecule has 0 aliphatic heterocycles. The van der Waals surface area contributed by atoms with Gasteiger partial charge in [-0.15, -0.1) is 0 Å². The number of amides is 1. The Labute approximate surface area is 138 Å². The molecule has 0 radical (unpaired) electrons. The van der Waals surface area contributed by atoms with Crippen LogP contribution in [0.3, 0.4) is 0 Å². The van der Waals surface area contributed by atoms with Gasteiger partial charge in [-0.05, 0) is 32.1 Å². The molecule has 2 rings (SSSR count). The lowest BCUT2D eigenvalue weighted by Gasteiger charge is -2.29. The number of hydrogen-bond donors (Lipinski definition) is 2. The molecule has 134 valence electrons. The summed E-state index contributed by atoms with van der Waals surface area (Å²) in [5, 5.41) is 12.6. The van der Waals surface area contributed by atoms with Crippen LogP contribution < -0.4 is 5.32 Å². The molecule has 0 bridgehead atoms. The maximum absolute atomic E-state index is 13.3. The zero-order valence-corrected chi connectivity index (χ0v) is 13.6. The summed E-state index contributed by atoms with van der Waals surface area (Å²) >= 11 is 0. The third kappa shape index (κ3) is 4.17. The number of carbonyl (C=O) groups excluding carboxylic acids is 1. The number of nitrogens with zero attached hydrogens (tertiary/aromatic N) is 2. The predicted octanol–water partition coefficient (Wildman–Crippen LogP) is 2.57. The first kappa shape index (κ1) is 18.5. The molecule has 0 spiro atoms. The van der Waals surface area contributed by atoms with Crippen molar-refractivity contribution in [1.82, 2.24) is 14.9 Å². The highest BCUT2D eigenvalue weighted by atomic mass is 19.4. The van der Waals surface area contributed by atoms with E-state index in [0.717, 1.165) is 36.4 Å². The first-order valence-corrected chi connectivity index (χ1v) is 7.95. The zero-order chi connectivity index (χ0) is 17.8. The number of alkyl halides is 3. The van der Waals surface area contributed by atoms with Gasteiger partial charge in [-0.25, -0.2) is 4.98 Å². The summed E-state index contributed by atoms with van der Waals surface area (Å²) in [6.45, 7) is 0.263. The van der Waals surface area contributed by atoms with E-state index in [9.17, 15) is 23.1 Å². The van der Waals surface area contributed by atoms with Gasteiger partial charge in [0.05, 0.1) is 6.42 Å². The van der Waals surface area contributed by atoms with Gasteiger partial charge >= 0.3 is 6.18 Å². The number of hydrogen-bond acceptors (Lipinski definition) is 3. The van der Waals surface area contributed by atoms with Crippen LogP contribution in [0, 0.1) is 0 Å². The van der Waals surface area contributed by atoms with Gasteiger partial charge in [-0.1, -0.05) is 11.6 Å². The van der Waals surface area contributed by atoms with Crippen molar-refractivity contribution in [3.8, 4) is 0 Å². The van der Waals surface area contributed by atoms with E-state index in [4.69, 9.17) is 0 Å². The van der Waals surface area contributed by atoms with E-state index in [1.807, 2.05) is 0 Å². The second-order valence-electron chi connectivity index (χ2n) is 6.10. The van der Waals surface area contributed by atoms with Crippen LogP contribution in [0.15, 0.2) is 24.0 Å². The largest absolute Gasteiger partial charge is 0.425 e. The first-order chi connectivity index (χ1) is 11.2. The molecule has 8 heteroatoms. The maximum atomic E-state index is 13.3. The summed E-state index contributed by atoms with van der Waals surface area (Å²) < 4.78 is 41.0. The highest BCUT2D eigenvalue weighted by molar-refractivity contribution is 5.77. The fourth-order valence-corrected chi connectivity index (χ4v) is 2.86. The summed E-state index contributed by atoms with van der Waals surface area (Å²) in [5.41, 5.74) is -2.09. The van der Waals surface area contributed by atoms with Crippen molar-refractivity contribution in [2.75, 3.05) is 6.54 Å². The minimum atomic E-state index is -5.00. The molecule has 0 saturated carbocycles. The highest BCUT2D eigenvalue weighted by Gasteiger charge is 2.58. The molecule has 2 N–H and O–H groups in total. The molecular weight excluding hydrogens is 323 g/mol. The molecule has 24 heavy (non-hydrogen) atoms. The average molecular weight is 345 g/mol. The normalized spacial score (nSPS) is 18.0. The summed E-state index contributed by atoms with van der Waals surface area (Å²) in [4.78, 5) is 15.5. The van der Waals surface area contributed by atoms with Crippen LogP contribution in [0.4, 0.5) is 13.2 Å². The molecular formula is C16H22F3N3O2. The molecule has 5 nitrogen and oxygen atoms in total. The third-order valence-corrected chi connectivity index (χ3v) is 4.23. The topological polar surface area (TPSA) is 67.1 Å². The molecule has 1 atom stereocenters. The van der Waals surface area contributed by atoms with Crippen molar-refractivity contribution in [3.63, 3.8) is 0 Å². The molecule has 1 aliphatic rings. The zero-order valence-electron chi connectivity index (χ0n) is 13.6. The van der Waals surface area contributed by atoms with Crippen molar-refractivity contribution in [3.05, 3.63) is 29.9 Å². The third-order valence-electron chi connectivity index (χ3n) is 4.23. The standard InChI is InChI=1S/C16H22F3N3O2/c1-22-10-9-21-14(22)15(24,16(17,18)19)11-13(23)20-8-7-12-5-3-2-4-6-12/h5,9-10,24H,2-4,6-8,11H2,1H3,(H,20,23). The molecule has 1 unspecified atom stereocenters. The quantitative estimate of drug-likeness (QED) is 0.779. The molecule has 0 aromatic carbocycles. The number of aliphatic hydroxyl groups is 1. The van der Waals surface area contributed by atoms with Crippen LogP contribution in [0.2, 0.25) is 0 Å². The van der Waals surface area contributed by atoms with Crippen molar-refractivity contribution < 1.29 is 23.1 Å². The molecule has 0 fully saturated rings. The minimum absolute atomic E-state index is 0.263. The fourth-order valence-electron chi connectivity index (χ4n) is 2.86. The summed E-state index contributed by atoms with van der Waals surface area (Å²) in [5.74, 6) is -1.45. The smallest absolute Gasteiger partial charge is 0.374 e. The summed E-state index contributed by atoms with van der Waals surface area (Å²) in [6.07, 6.45) is 3.31. The molecule has 1 heterocycles. The van der Waals surface area contributed by atoms with Gasteiger partial charge in [0.25, 0.3) is 0 Å². The van der Waals surface area contributed by atoms with E-state index in [0.29, 0.717) is 6.42 Å². The summed E-state index contributed by atoms with van der Waals surface area (Å²) in [7, 11) is 1.34. The predicted molar refractivity (Wildman–Crippen MR) is 82.0 cm³/mol. The lowest BCUT2D eigenvalue weighted by atomic mass is 9.96. The molecule has 1 aliphatic carbocycles. The first-order valence-electron chi connectivity index (χ1n) is 7.95. The SMILES string of the molecule is Cn1ccnc1C(O)(CC(=O)NCCC1=CCCCC1)C(F)(F)F. The van der Waals surface area contributed by atoms with E-state index in [1.54, 1.807) is 0 Å². The Bertz CT molecular complexity index is 610. The van der Waals surface area contributed by atoms with Crippen LogP contribution >= 0.6 is 0 Å². The Morgan fingerprint density at radius 2 is 2.17 bits per heavy atom. The molecule has 1 aromatic heterocycles. The number of aryl methyl sites for hydroxylation is 1. The van der Waals surface area contributed by atoms with Crippen LogP contribution in [0.1, 0.15) is 44.3 Å². The minimum Gasteiger partial charge on any atom is -0.374 e.